The number of rotatable bonds is 6. The van der Waals surface area contributed by atoms with Gasteiger partial charge in [0, 0.05) is 51.0 Å². The molecular formula is C18H27N5O4. The summed E-state index contributed by atoms with van der Waals surface area (Å²) in [6, 6.07) is 1.30. The van der Waals surface area contributed by atoms with E-state index in [1.807, 2.05) is 13.0 Å². The van der Waals surface area contributed by atoms with Crippen molar-refractivity contribution >= 4 is 12.0 Å². The number of esters is 1. The van der Waals surface area contributed by atoms with Crippen LogP contribution in [0.5, 0.6) is 0 Å². The van der Waals surface area contributed by atoms with Crippen molar-refractivity contribution in [1.82, 2.24) is 25.6 Å². The van der Waals surface area contributed by atoms with Crippen molar-refractivity contribution in [3.63, 3.8) is 0 Å². The van der Waals surface area contributed by atoms with Crippen molar-refractivity contribution < 1.29 is 18.8 Å². The van der Waals surface area contributed by atoms with Gasteiger partial charge in [-0.1, -0.05) is 5.16 Å². The van der Waals surface area contributed by atoms with E-state index in [1.165, 1.54) is 0 Å². The molecule has 0 spiro atoms. The molecule has 2 aliphatic rings. The summed E-state index contributed by atoms with van der Waals surface area (Å²) in [5.41, 5.74) is 2.06. The monoisotopic (exact) mass is 377 g/mol. The van der Waals surface area contributed by atoms with Crippen LogP contribution in [0.25, 0.3) is 0 Å². The van der Waals surface area contributed by atoms with Crippen LogP contribution in [0.4, 0.5) is 4.79 Å². The molecule has 0 bridgehead atoms. The number of aromatic nitrogens is 1. The van der Waals surface area contributed by atoms with Crippen LogP contribution in [0.1, 0.15) is 25.3 Å². The number of nitrogens with one attached hydrogen (secondary N) is 2. The molecule has 0 aliphatic carbocycles. The number of hydrogen-bond acceptors (Lipinski definition) is 7. The first-order valence-electron chi connectivity index (χ1n) is 9.30. The van der Waals surface area contributed by atoms with Crippen molar-refractivity contribution in [2.75, 3.05) is 39.3 Å². The highest BCUT2D eigenvalue weighted by Gasteiger charge is 2.31. The molecular weight excluding hydrogens is 350 g/mol. The lowest BCUT2D eigenvalue weighted by atomic mass is 10.0. The molecule has 2 aliphatic heterocycles. The Morgan fingerprint density at radius 3 is 2.56 bits per heavy atom. The number of hydrogen-bond donors (Lipinski definition) is 2. The molecule has 0 unspecified atom stereocenters. The predicted molar refractivity (Wildman–Crippen MR) is 97.7 cm³/mol. The molecule has 1 atom stereocenters. The van der Waals surface area contributed by atoms with Gasteiger partial charge in [0.15, 0.2) is 0 Å². The number of nitrogens with zero attached hydrogens (tertiary/aromatic N) is 3. The fourth-order valence-corrected chi connectivity index (χ4v) is 3.45. The van der Waals surface area contributed by atoms with E-state index in [9.17, 15) is 9.59 Å². The zero-order valence-corrected chi connectivity index (χ0v) is 16.1. The lowest BCUT2D eigenvalue weighted by Crippen LogP contribution is -2.53. The summed E-state index contributed by atoms with van der Waals surface area (Å²) in [6.07, 6.45) is 0. The van der Waals surface area contributed by atoms with Crippen LogP contribution in [-0.2, 0) is 16.1 Å². The zero-order chi connectivity index (χ0) is 19.4. The van der Waals surface area contributed by atoms with Gasteiger partial charge in [0.05, 0.1) is 23.9 Å². The van der Waals surface area contributed by atoms with E-state index in [0.29, 0.717) is 24.4 Å². The number of amides is 2. The van der Waals surface area contributed by atoms with Crippen LogP contribution in [0.3, 0.4) is 0 Å². The largest absolute Gasteiger partial charge is 0.463 e. The fraction of sp³-hybridized carbons (Fsp3) is 0.611. The minimum atomic E-state index is -0.382. The van der Waals surface area contributed by atoms with Gasteiger partial charge >= 0.3 is 12.0 Å². The molecule has 1 saturated heterocycles. The SMILES string of the molecule is CCOC(=O)C1=C(CN2CCN(Cc3cc(C)on3)CC2)NC(=O)N[C@@H]1C. The van der Waals surface area contributed by atoms with Crippen molar-refractivity contribution in [1.29, 1.82) is 0 Å². The van der Waals surface area contributed by atoms with Gasteiger partial charge in [0.25, 0.3) is 0 Å². The maximum absolute atomic E-state index is 12.3. The predicted octanol–water partition coefficient (Wildman–Crippen LogP) is 0.619. The average Bonchev–Trinajstić information content (AvgIpc) is 3.01. The molecule has 148 valence electrons. The number of urea groups is 1. The summed E-state index contributed by atoms with van der Waals surface area (Å²) < 4.78 is 10.3. The third-order valence-electron chi connectivity index (χ3n) is 4.77. The Kier molecular flexibility index (Phi) is 6.12. The Bertz CT molecular complexity index is 721. The molecule has 2 N–H and O–H groups in total. The Balaban J connectivity index is 1.60. The molecule has 0 saturated carbocycles. The van der Waals surface area contributed by atoms with Crippen molar-refractivity contribution in [2.24, 2.45) is 0 Å². The summed E-state index contributed by atoms with van der Waals surface area (Å²) in [4.78, 5) is 28.7. The van der Waals surface area contributed by atoms with Gasteiger partial charge in [0.1, 0.15) is 5.76 Å². The fourth-order valence-electron chi connectivity index (χ4n) is 3.45. The van der Waals surface area contributed by atoms with Gasteiger partial charge in [0.2, 0.25) is 0 Å². The molecule has 9 nitrogen and oxygen atoms in total. The second kappa shape index (κ2) is 8.53. The second-order valence-electron chi connectivity index (χ2n) is 6.91. The van der Waals surface area contributed by atoms with Crippen LogP contribution < -0.4 is 10.6 Å². The Morgan fingerprint density at radius 2 is 1.96 bits per heavy atom. The van der Waals surface area contributed by atoms with Gasteiger partial charge in [-0.2, -0.15) is 0 Å². The smallest absolute Gasteiger partial charge is 0.337 e. The third kappa shape index (κ3) is 4.86. The van der Waals surface area contributed by atoms with E-state index in [4.69, 9.17) is 9.26 Å². The van der Waals surface area contributed by atoms with Gasteiger partial charge in [-0.15, -0.1) is 0 Å². The minimum Gasteiger partial charge on any atom is -0.463 e. The number of carbonyl (C=O) groups is 2. The quantitative estimate of drug-likeness (QED) is 0.701. The van der Waals surface area contributed by atoms with Crippen molar-refractivity contribution in [2.45, 2.75) is 33.4 Å². The zero-order valence-electron chi connectivity index (χ0n) is 16.1. The van der Waals surface area contributed by atoms with Crippen molar-refractivity contribution in [3.8, 4) is 0 Å². The highest BCUT2D eigenvalue weighted by atomic mass is 16.5. The van der Waals surface area contributed by atoms with Gasteiger partial charge in [-0.25, -0.2) is 9.59 Å². The van der Waals surface area contributed by atoms with Gasteiger partial charge in [-0.3, -0.25) is 9.80 Å². The third-order valence-corrected chi connectivity index (χ3v) is 4.77. The Labute approximate surface area is 158 Å². The molecule has 9 heteroatoms. The van der Waals surface area contributed by atoms with Crippen molar-refractivity contribution in [3.05, 3.63) is 28.8 Å². The molecule has 1 aromatic rings. The lowest BCUT2D eigenvalue weighted by Gasteiger charge is -2.36. The Hall–Kier alpha value is -2.39. The normalized spacial score (nSPS) is 21.7. The molecule has 2 amide bonds. The molecule has 1 fully saturated rings. The van der Waals surface area contributed by atoms with Crippen LogP contribution in [0, 0.1) is 6.92 Å². The second-order valence-corrected chi connectivity index (χ2v) is 6.91. The van der Waals surface area contributed by atoms with Crippen LogP contribution in [0.2, 0.25) is 0 Å². The minimum absolute atomic E-state index is 0.286. The summed E-state index contributed by atoms with van der Waals surface area (Å²) in [6.45, 7) is 10.5. The van der Waals surface area contributed by atoms with E-state index in [2.05, 4.69) is 25.6 Å². The summed E-state index contributed by atoms with van der Waals surface area (Å²) in [5.74, 6) is 0.436. The molecule has 0 radical (unpaired) electrons. The average molecular weight is 377 g/mol. The molecule has 1 aromatic heterocycles. The van der Waals surface area contributed by atoms with Gasteiger partial charge < -0.3 is 19.9 Å². The molecule has 0 aromatic carbocycles. The van der Waals surface area contributed by atoms with E-state index >= 15 is 0 Å². The van der Waals surface area contributed by atoms with Crippen LogP contribution in [-0.4, -0.2) is 72.3 Å². The number of ether oxygens (including phenoxy) is 1. The summed E-state index contributed by atoms with van der Waals surface area (Å²) in [7, 11) is 0. The Morgan fingerprint density at radius 1 is 1.30 bits per heavy atom. The molecule has 3 rings (SSSR count). The molecule has 3 heterocycles. The standard InChI is InChI=1S/C18H27N5O4/c1-4-26-17(24)16-13(3)19-18(25)20-15(16)11-23-7-5-22(6-8-23)10-14-9-12(2)27-21-14/h9,13H,4-8,10-11H2,1-3H3,(H2,19,20,25)/t13-/m1/s1. The summed E-state index contributed by atoms with van der Waals surface area (Å²) >= 11 is 0. The maximum Gasteiger partial charge on any atom is 0.337 e. The summed E-state index contributed by atoms with van der Waals surface area (Å²) in [5, 5.41) is 9.55. The highest BCUT2D eigenvalue weighted by molar-refractivity contribution is 5.94. The number of piperazine rings is 1. The van der Waals surface area contributed by atoms with E-state index in [1.54, 1.807) is 13.8 Å². The number of carbonyl (C=O) groups excluding carboxylic acids is 2. The first kappa shape index (κ1) is 19.4. The van der Waals surface area contributed by atoms with E-state index in [0.717, 1.165) is 44.2 Å². The lowest BCUT2D eigenvalue weighted by molar-refractivity contribution is -0.139. The molecule has 27 heavy (non-hydrogen) atoms. The van der Waals surface area contributed by atoms with Gasteiger partial charge in [-0.05, 0) is 20.8 Å². The van der Waals surface area contributed by atoms with E-state index in [-0.39, 0.29) is 18.0 Å². The highest BCUT2D eigenvalue weighted by Crippen LogP contribution is 2.17. The van der Waals surface area contributed by atoms with Crippen LogP contribution >= 0.6 is 0 Å². The number of aryl methyl sites for hydroxylation is 1. The first-order valence-corrected chi connectivity index (χ1v) is 9.30. The first-order chi connectivity index (χ1) is 13.0. The van der Waals surface area contributed by atoms with E-state index < -0.39 is 0 Å². The van der Waals surface area contributed by atoms with Crippen LogP contribution in [0.15, 0.2) is 21.9 Å². The topological polar surface area (TPSA) is 99.9 Å². The maximum atomic E-state index is 12.3.